The molecule has 1 aliphatic carbocycles. The van der Waals surface area contributed by atoms with Crippen molar-refractivity contribution in [3.8, 4) is 0 Å². The maximum atomic E-state index is 13.0. The predicted molar refractivity (Wildman–Crippen MR) is 95.1 cm³/mol. The molecule has 3 aliphatic rings. The summed E-state index contributed by atoms with van der Waals surface area (Å²) >= 11 is 0. The number of hydrogen-bond donors (Lipinski definition) is 0. The lowest BCUT2D eigenvalue weighted by Gasteiger charge is -2.33. The van der Waals surface area contributed by atoms with Crippen molar-refractivity contribution in [3.05, 3.63) is 0 Å². The van der Waals surface area contributed by atoms with Crippen LogP contribution < -0.4 is 0 Å². The first-order chi connectivity index (χ1) is 13.3. The Morgan fingerprint density at radius 3 is 2.00 bits per heavy atom. The van der Waals surface area contributed by atoms with Crippen molar-refractivity contribution in [3.63, 3.8) is 0 Å². The minimum atomic E-state index is -4.89. The monoisotopic (exact) mass is 403 g/mol. The van der Waals surface area contributed by atoms with Gasteiger partial charge in [-0.25, -0.2) is 0 Å². The van der Waals surface area contributed by atoms with Crippen LogP contribution in [0.4, 0.5) is 13.2 Å². The van der Waals surface area contributed by atoms with Crippen LogP contribution in [0.25, 0.3) is 0 Å². The van der Waals surface area contributed by atoms with Crippen LogP contribution in [-0.4, -0.2) is 77.4 Å². The molecule has 9 heteroatoms. The molecule has 3 rings (SSSR count). The zero-order chi connectivity index (χ0) is 20.3. The Morgan fingerprint density at radius 2 is 1.32 bits per heavy atom. The first-order valence-electron chi connectivity index (χ1n) is 10.2. The van der Waals surface area contributed by atoms with Crippen molar-refractivity contribution in [2.24, 2.45) is 5.92 Å². The van der Waals surface area contributed by atoms with Crippen LogP contribution in [0, 0.1) is 5.92 Å². The molecule has 0 aromatic rings. The summed E-state index contributed by atoms with van der Waals surface area (Å²) in [6.07, 6.45) is 1.73. The Hall–Kier alpha value is -1.80. The molecule has 2 saturated heterocycles. The van der Waals surface area contributed by atoms with E-state index in [1.54, 1.807) is 4.90 Å². The summed E-state index contributed by atoms with van der Waals surface area (Å²) in [6.45, 7) is 0.800. The van der Waals surface area contributed by atoms with Gasteiger partial charge in [0.1, 0.15) is 6.04 Å². The Morgan fingerprint density at radius 1 is 0.679 bits per heavy atom. The van der Waals surface area contributed by atoms with Gasteiger partial charge in [0, 0.05) is 38.6 Å². The number of amides is 3. The van der Waals surface area contributed by atoms with Gasteiger partial charge < -0.3 is 14.7 Å². The Balaban J connectivity index is 1.61. The third-order valence-corrected chi connectivity index (χ3v) is 6.11. The third kappa shape index (κ3) is 4.60. The zero-order valence-corrected chi connectivity index (χ0v) is 16.0. The number of nitrogens with zero attached hydrogens (tertiary/aromatic N) is 3. The fraction of sp³-hybridized carbons (Fsp3) is 0.842. The molecule has 158 valence electrons. The number of likely N-dealkylation sites (tertiary alicyclic amines) is 1. The van der Waals surface area contributed by atoms with E-state index in [1.165, 1.54) is 4.90 Å². The minimum Gasteiger partial charge on any atom is -0.339 e. The van der Waals surface area contributed by atoms with Crippen LogP contribution in [-0.2, 0) is 14.4 Å². The summed E-state index contributed by atoms with van der Waals surface area (Å²) in [5, 5.41) is 0. The first-order valence-corrected chi connectivity index (χ1v) is 10.2. The second-order valence-electron chi connectivity index (χ2n) is 7.99. The summed E-state index contributed by atoms with van der Waals surface area (Å²) in [5.41, 5.74) is 0. The fourth-order valence-corrected chi connectivity index (χ4v) is 4.60. The van der Waals surface area contributed by atoms with Crippen molar-refractivity contribution < 1.29 is 27.6 Å². The van der Waals surface area contributed by atoms with E-state index in [0.29, 0.717) is 25.9 Å². The molecule has 2 heterocycles. The highest BCUT2D eigenvalue weighted by Gasteiger charge is 2.44. The van der Waals surface area contributed by atoms with E-state index in [2.05, 4.69) is 0 Å². The molecule has 0 aromatic carbocycles. The lowest BCUT2D eigenvalue weighted by atomic mass is 9.88. The van der Waals surface area contributed by atoms with Gasteiger partial charge in [0.15, 0.2) is 0 Å². The fourth-order valence-electron chi connectivity index (χ4n) is 4.60. The Labute approximate surface area is 163 Å². The summed E-state index contributed by atoms with van der Waals surface area (Å²) in [5.74, 6) is -2.00. The molecule has 2 aliphatic heterocycles. The van der Waals surface area contributed by atoms with E-state index in [-0.39, 0.29) is 37.4 Å². The van der Waals surface area contributed by atoms with Crippen LogP contribution in [0.15, 0.2) is 0 Å². The van der Waals surface area contributed by atoms with Crippen molar-refractivity contribution in [2.75, 3.05) is 32.7 Å². The third-order valence-electron chi connectivity index (χ3n) is 6.11. The molecule has 0 N–H and O–H groups in total. The van der Waals surface area contributed by atoms with E-state index in [4.69, 9.17) is 0 Å². The van der Waals surface area contributed by atoms with E-state index < -0.39 is 18.1 Å². The van der Waals surface area contributed by atoms with Crippen LogP contribution >= 0.6 is 0 Å². The van der Waals surface area contributed by atoms with Gasteiger partial charge in [-0.15, -0.1) is 0 Å². The molecule has 0 aromatic heterocycles. The Bertz CT molecular complexity index is 605. The predicted octanol–water partition coefficient (Wildman–Crippen LogP) is 2.18. The highest BCUT2D eigenvalue weighted by atomic mass is 19.4. The van der Waals surface area contributed by atoms with E-state index in [9.17, 15) is 27.6 Å². The number of hydrogen-bond acceptors (Lipinski definition) is 3. The Kier molecular flexibility index (Phi) is 6.50. The molecule has 3 fully saturated rings. The SMILES string of the molecule is O=C([C@@H]1CCCN1C(=O)C1CCCCC1)N1CCCN(C(=O)C(F)(F)F)CC1. The van der Waals surface area contributed by atoms with Gasteiger partial charge in [0.2, 0.25) is 11.8 Å². The molecule has 0 radical (unpaired) electrons. The molecule has 1 atom stereocenters. The second-order valence-corrected chi connectivity index (χ2v) is 7.99. The molecule has 0 bridgehead atoms. The van der Waals surface area contributed by atoms with E-state index in [0.717, 1.165) is 43.4 Å². The maximum absolute atomic E-state index is 13.0. The quantitative estimate of drug-likeness (QED) is 0.710. The molecule has 6 nitrogen and oxygen atoms in total. The van der Waals surface area contributed by atoms with Gasteiger partial charge in [-0.1, -0.05) is 19.3 Å². The number of rotatable bonds is 2. The summed E-state index contributed by atoms with van der Waals surface area (Å²) in [6, 6.07) is -0.515. The van der Waals surface area contributed by atoms with Crippen molar-refractivity contribution in [1.82, 2.24) is 14.7 Å². The summed E-state index contributed by atoms with van der Waals surface area (Å²) < 4.78 is 38.0. The van der Waals surface area contributed by atoms with Gasteiger partial charge in [-0.3, -0.25) is 14.4 Å². The molecule has 0 spiro atoms. The van der Waals surface area contributed by atoms with E-state index in [1.807, 2.05) is 0 Å². The number of carbonyl (C=O) groups is 3. The molecule has 1 saturated carbocycles. The summed E-state index contributed by atoms with van der Waals surface area (Å²) in [4.78, 5) is 41.4. The molecule has 3 amide bonds. The first kappa shape index (κ1) is 20.9. The van der Waals surface area contributed by atoms with Gasteiger partial charge >= 0.3 is 12.1 Å². The largest absolute Gasteiger partial charge is 0.471 e. The molecule has 0 unspecified atom stereocenters. The number of alkyl halides is 3. The van der Waals surface area contributed by atoms with Gasteiger partial charge in [0.25, 0.3) is 0 Å². The average molecular weight is 403 g/mol. The van der Waals surface area contributed by atoms with Crippen LogP contribution in [0.1, 0.15) is 51.4 Å². The van der Waals surface area contributed by atoms with Gasteiger partial charge in [-0.2, -0.15) is 13.2 Å². The van der Waals surface area contributed by atoms with Crippen molar-refractivity contribution in [2.45, 2.75) is 63.6 Å². The smallest absolute Gasteiger partial charge is 0.339 e. The average Bonchev–Trinajstić information content (AvgIpc) is 3.04. The summed E-state index contributed by atoms with van der Waals surface area (Å²) in [7, 11) is 0. The zero-order valence-electron chi connectivity index (χ0n) is 16.0. The molecular weight excluding hydrogens is 375 g/mol. The van der Waals surface area contributed by atoms with Crippen LogP contribution in [0.5, 0.6) is 0 Å². The lowest BCUT2D eigenvalue weighted by Crippen LogP contribution is -2.50. The van der Waals surface area contributed by atoms with Gasteiger partial charge in [0.05, 0.1) is 0 Å². The standard InChI is InChI=1S/C19H28F3N3O3/c20-19(21,22)18(28)24-10-5-9-23(12-13-24)17(27)15-8-4-11-25(15)16(26)14-6-2-1-3-7-14/h14-15H,1-13H2/t15-/m0/s1. The molecule has 28 heavy (non-hydrogen) atoms. The topological polar surface area (TPSA) is 60.9 Å². The van der Waals surface area contributed by atoms with E-state index >= 15 is 0 Å². The molecular formula is C19H28F3N3O3. The van der Waals surface area contributed by atoms with Crippen LogP contribution in [0.3, 0.4) is 0 Å². The highest BCUT2D eigenvalue weighted by molar-refractivity contribution is 5.89. The number of carbonyl (C=O) groups excluding carboxylic acids is 3. The van der Waals surface area contributed by atoms with Crippen molar-refractivity contribution in [1.29, 1.82) is 0 Å². The highest BCUT2D eigenvalue weighted by Crippen LogP contribution is 2.29. The normalized spacial score (nSPS) is 25.0. The lowest BCUT2D eigenvalue weighted by molar-refractivity contribution is -0.185. The second kappa shape index (κ2) is 8.69. The number of halogens is 3. The maximum Gasteiger partial charge on any atom is 0.471 e. The van der Waals surface area contributed by atoms with Gasteiger partial charge in [-0.05, 0) is 32.1 Å². The van der Waals surface area contributed by atoms with Crippen LogP contribution in [0.2, 0.25) is 0 Å². The minimum absolute atomic E-state index is 0.00816. The van der Waals surface area contributed by atoms with Crippen molar-refractivity contribution >= 4 is 17.7 Å².